The number of hydrogen-bond donors (Lipinski definition) is 1. The molecule has 1 aromatic rings. The van der Waals surface area contributed by atoms with Crippen LogP contribution in [0.3, 0.4) is 0 Å². The maximum Gasteiger partial charge on any atom is 0.0643 e. The van der Waals surface area contributed by atoms with Gasteiger partial charge in [-0.05, 0) is 25.1 Å². The van der Waals surface area contributed by atoms with Crippen molar-refractivity contribution in [3.63, 3.8) is 0 Å². The van der Waals surface area contributed by atoms with Gasteiger partial charge in [-0.1, -0.05) is 12.0 Å². The lowest BCUT2D eigenvalue weighted by Crippen LogP contribution is -2.13. The Morgan fingerprint density at radius 3 is 3.00 bits per heavy atom. The van der Waals surface area contributed by atoms with Gasteiger partial charge in [-0.15, -0.1) is 6.42 Å². The molecule has 0 aromatic heterocycles. The molecule has 0 aliphatic carbocycles. The molecular formula is C12H12N2. The third-order valence-electron chi connectivity index (χ3n) is 1.84. The summed E-state index contributed by atoms with van der Waals surface area (Å²) < 4.78 is 0. The molecule has 1 rings (SSSR count). The maximum atomic E-state index is 8.49. The SMILES string of the molecule is C#Cc1cccc(NC(C)CC#N)c1. The van der Waals surface area contributed by atoms with Crippen molar-refractivity contribution in [3.8, 4) is 18.4 Å². The number of anilines is 1. The number of hydrogen-bond acceptors (Lipinski definition) is 2. The van der Waals surface area contributed by atoms with Crippen molar-refractivity contribution in [1.29, 1.82) is 5.26 Å². The van der Waals surface area contributed by atoms with Crippen LogP contribution in [-0.2, 0) is 0 Å². The second kappa shape index (κ2) is 4.94. The third kappa shape index (κ3) is 2.84. The summed E-state index contributed by atoms with van der Waals surface area (Å²) in [6.07, 6.45) is 5.76. The summed E-state index contributed by atoms with van der Waals surface area (Å²) in [6, 6.07) is 9.87. The first-order chi connectivity index (χ1) is 6.76. The number of nitriles is 1. The summed E-state index contributed by atoms with van der Waals surface area (Å²) >= 11 is 0. The van der Waals surface area contributed by atoms with Crippen LogP contribution in [0.2, 0.25) is 0 Å². The Hall–Kier alpha value is -1.93. The molecule has 0 radical (unpaired) electrons. The molecule has 0 saturated heterocycles. The van der Waals surface area contributed by atoms with Crippen LogP contribution in [-0.4, -0.2) is 6.04 Å². The smallest absolute Gasteiger partial charge is 0.0643 e. The summed E-state index contributed by atoms with van der Waals surface area (Å²) in [5, 5.41) is 11.7. The molecule has 2 heteroatoms. The zero-order chi connectivity index (χ0) is 10.4. The van der Waals surface area contributed by atoms with Gasteiger partial charge in [0.1, 0.15) is 0 Å². The van der Waals surface area contributed by atoms with E-state index in [1.807, 2.05) is 31.2 Å². The van der Waals surface area contributed by atoms with Crippen molar-refractivity contribution in [2.24, 2.45) is 0 Å². The molecule has 1 aromatic carbocycles. The van der Waals surface area contributed by atoms with Crippen LogP contribution in [0, 0.1) is 23.7 Å². The highest BCUT2D eigenvalue weighted by molar-refractivity contribution is 5.50. The molecule has 0 spiro atoms. The normalized spacial score (nSPS) is 11.1. The summed E-state index contributed by atoms with van der Waals surface area (Å²) in [4.78, 5) is 0. The van der Waals surface area contributed by atoms with Gasteiger partial charge in [0.2, 0.25) is 0 Å². The fourth-order valence-electron chi connectivity index (χ4n) is 1.17. The van der Waals surface area contributed by atoms with Gasteiger partial charge in [0.25, 0.3) is 0 Å². The van der Waals surface area contributed by atoms with Gasteiger partial charge >= 0.3 is 0 Å². The highest BCUT2D eigenvalue weighted by atomic mass is 14.9. The first-order valence-electron chi connectivity index (χ1n) is 4.46. The predicted molar refractivity (Wildman–Crippen MR) is 57.7 cm³/mol. The largest absolute Gasteiger partial charge is 0.382 e. The Labute approximate surface area is 84.6 Å². The van der Waals surface area contributed by atoms with Gasteiger partial charge in [-0.25, -0.2) is 0 Å². The summed E-state index contributed by atoms with van der Waals surface area (Å²) in [5.74, 6) is 2.57. The van der Waals surface area contributed by atoms with E-state index in [9.17, 15) is 0 Å². The second-order valence-electron chi connectivity index (χ2n) is 3.13. The molecule has 0 aliphatic heterocycles. The predicted octanol–water partition coefficient (Wildman–Crippen LogP) is 2.38. The zero-order valence-corrected chi connectivity index (χ0v) is 8.12. The molecule has 2 nitrogen and oxygen atoms in total. The highest BCUT2D eigenvalue weighted by Crippen LogP contribution is 2.11. The lowest BCUT2D eigenvalue weighted by atomic mass is 10.2. The van der Waals surface area contributed by atoms with Crippen LogP contribution >= 0.6 is 0 Å². The molecule has 0 aliphatic rings. The van der Waals surface area contributed by atoms with Crippen LogP contribution in [0.4, 0.5) is 5.69 Å². The molecule has 1 N–H and O–H groups in total. The average molecular weight is 184 g/mol. The van der Waals surface area contributed by atoms with Crippen LogP contribution in [0.25, 0.3) is 0 Å². The summed E-state index contributed by atoms with van der Waals surface area (Å²) in [6.45, 7) is 1.96. The van der Waals surface area contributed by atoms with E-state index < -0.39 is 0 Å². The van der Waals surface area contributed by atoms with E-state index in [0.717, 1.165) is 11.3 Å². The lowest BCUT2D eigenvalue weighted by molar-refractivity contribution is 0.821. The minimum absolute atomic E-state index is 0.146. The fourth-order valence-corrected chi connectivity index (χ4v) is 1.17. The van der Waals surface area contributed by atoms with E-state index in [4.69, 9.17) is 11.7 Å². The second-order valence-corrected chi connectivity index (χ2v) is 3.13. The minimum atomic E-state index is 0.146. The van der Waals surface area contributed by atoms with E-state index in [1.165, 1.54) is 0 Å². The number of benzene rings is 1. The van der Waals surface area contributed by atoms with E-state index in [-0.39, 0.29) is 6.04 Å². The molecule has 14 heavy (non-hydrogen) atoms. The monoisotopic (exact) mass is 184 g/mol. The average Bonchev–Trinajstić information content (AvgIpc) is 2.18. The molecule has 0 bridgehead atoms. The first kappa shape index (κ1) is 10.2. The quantitative estimate of drug-likeness (QED) is 0.732. The number of rotatable bonds is 3. The Morgan fingerprint density at radius 2 is 2.36 bits per heavy atom. The Balaban J connectivity index is 2.69. The lowest BCUT2D eigenvalue weighted by Gasteiger charge is -2.11. The molecule has 70 valence electrons. The number of terminal acetylenes is 1. The van der Waals surface area contributed by atoms with Crippen molar-refractivity contribution in [2.45, 2.75) is 19.4 Å². The number of nitrogens with zero attached hydrogens (tertiary/aromatic N) is 1. The van der Waals surface area contributed by atoms with E-state index >= 15 is 0 Å². The molecule has 0 fully saturated rings. The number of nitrogens with one attached hydrogen (secondary N) is 1. The van der Waals surface area contributed by atoms with Gasteiger partial charge in [-0.2, -0.15) is 5.26 Å². The van der Waals surface area contributed by atoms with Crippen LogP contribution < -0.4 is 5.32 Å². The van der Waals surface area contributed by atoms with Gasteiger partial charge in [0.05, 0.1) is 12.5 Å². The van der Waals surface area contributed by atoms with Crippen molar-refractivity contribution in [1.82, 2.24) is 0 Å². The summed E-state index contributed by atoms with van der Waals surface area (Å²) in [5.41, 5.74) is 1.81. The van der Waals surface area contributed by atoms with E-state index in [1.54, 1.807) is 0 Å². The van der Waals surface area contributed by atoms with Gasteiger partial charge in [-0.3, -0.25) is 0 Å². The van der Waals surface area contributed by atoms with Crippen molar-refractivity contribution < 1.29 is 0 Å². The Kier molecular flexibility index (Phi) is 3.58. The van der Waals surface area contributed by atoms with Crippen molar-refractivity contribution in [2.75, 3.05) is 5.32 Å². The highest BCUT2D eigenvalue weighted by Gasteiger charge is 2.00. The Morgan fingerprint density at radius 1 is 1.57 bits per heavy atom. The van der Waals surface area contributed by atoms with Crippen LogP contribution in [0.5, 0.6) is 0 Å². The van der Waals surface area contributed by atoms with Gasteiger partial charge < -0.3 is 5.32 Å². The van der Waals surface area contributed by atoms with Crippen molar-refractivity contribution >= 4 is 5.69 Å². The topological polar surface area (TPSA) is 35.8 Å². The van der Waals surface area contributed by atoms with E-state index in [0.29, 0.717) is 6.42 Å². The first-order valence-corrected chi connectivity index (χ1v) is 4.46. The standard InChI is InChI=1S/C12H12N2/c1-3-11-5-4-6-12(9-11)14-10(2)7-8-13/h1,4-6,9-10,14H,7H2,2H3. The summed E-state index contributed by atoms with van der Waals surface area (Å²) in [7, 11) is 0. The van der Waals surface area contributed by atoms with E-state index in [2.05, 4.69) is 17.3 Å². The maximum absolute atomic E-state index is 8.49. The van der Waals surface area contributed by atoms with Crippen LogP contribution in [0.1, 0.15) is 18.9 Å². The molecule has 1 unspecified atom stereocenters. The Bertz CT molecular complexity index is 382. The molecule has 0 saturated carbocycles. The van der Waals surface area contributed by atoms with Gasteiger partial charge in [0.15, 0.2) is 0 Å². The molecular weight excluding hydrogens is 172 g/mol. The van der Waals surface area contributed by atoms with Crippen molar-refractivity contribution in [3.05, 3.63) is 29.8 Å². The van der Waals surface area contributed by atoms with Gasteiger partial charge in [0, 0.05) is 17.3 Å². The third-order valence-corrected chi connectivity index (χ3v) is 1.84. The molecule has 1 atom stereocenters. The van der Waals surface area contributed by atoms with Crippen LogP contribution in [0.15, 0.2) is 24.3 Å². The fraction of sp³-hybridized carbons (Fsp3) is 0.250. The molecule has 0 heterocycles. The molecule has 0 amide bonds. The minimum Gasteiger partial charge on any atom is -0.382 e. The zero-order valence-electron chi connectivity index (χ0n) is 8.12.